The molecule has 3 rings (SSSR count). The zero-order chi connectivity index (χ0) is 16.8. The lowest BCUT2D eigenvalue weighted by atomic mass is 10.1. The van der Waals surface area contributed by atoms with E-state index in [1.165, 1.54) is 0 Å². The number of aromatic nitrogens is 2. The van der Waals surface area contributed by atoms with Crippen molar-refractivity contribution >= 4 is 6.03 Å². The van der Waals surface area contributed by atoms with E-state index in [9.17, 15) is 4.79 Å². The largest absolute Gasteiger partial charge is 0.339 e. The number of aryl methyl sites for hydroxylation is 1. The van der Waals surface area contributed by atoms with Crippen LogP contribution < -0.4 is 21.5 Å². The Morgan fingerprint density at radius 3 is 2.79 bits per heavy atom. The lowest BCUT2D eigenvalue weighted by molar-refractivity contribution is 0.235. The van der Waals surface area contributed by atoms with Crippen molar-refractivity contribution in [2.45, 2.75) is 31.8 Å². The highest BCUT2D eigenvalue weighted by molar-refractivity contribution is 5.75. The number of carbonyl (C=O) groups is 1. The van der Waals surface area contributed by atoms with Gasteiger partial charge in [0, 0.05) is 19.5 Å². The molecule has 1 aliphatic heterocycles. The van der Waals surface area contributed by atoms with Gasteiger partial charge in [0.2, 0.25) is 5.89 Å². The number of urea groups is 1. The minimum Gasteiger partial charge on any atom is -0.339 e. The summed E-state index contributed by atoms with van der Waals surface area (Å²) in [6.07, 6.45) is 1.65. The smallest absolute Gasteiger partial charge is 0.315 e. The Kier molecular flexibility index (Phi) is 5.39. The molecule has 8 nitrogen and oxygen atoms in total. The predicted molar refractivity (Wildman–Crippen MR) is 88.0 cm³/mol. The fourth-order valence-corrected chi connectivity index (χ4v) is 2.57. The molecule has 0 radical (unpaired) electrons. The van der Waals surface area contributed by atoms with Crippen molar-refractivity contribution in [1.29, 1.82) is 0 Å². The highest BCUT2D eigenvalue weighted by atomic mass is 16.5. The molecule has 0 bridgehead atoms. The molecule has 1 atom stereocenters. The van der Waals surface area contributed by atoms with Crippen molar-refractivity contribution in [1.82, 2.24) is 31.6 Å². The number of rotatable bonds is 6. The number of nitrogens with zero attached hydrogens (tertiary/aromatic N) is 2. The topological polar surface area (TPSA) is 104 Å². The zero-order valence-corrected chi connectivity index (χ0v) is 13.6. The number of hydrogen-bond donors (Lipinski definition) is 4. The zero-order valence-electron chi connectivity index (χ0n) is 13.6. The van der Waals surface area contributed by atoms with Gasteiger partial charge in [-0.3, -0.25) is 10.9 Å². The molecule has 2 amide bonds. The summed E-state index contributed by atoms with van der Waals surface area (Å²) < 4.78 is 5.27. The Hall–Kier alpha value is -2.45. The summed E-state index contributed by atoms with van der Waals surface area (Å²) in [6, 6.07) is 8.94. The van der Waals surface area contributed by atoms with Crippen molar-refractivity contribution in [3.8, 4) is 0 Å². The van der Waals surface area contributed by atoms with Crippen LogP contribution in [0.4, 0.5) is 4.79 Å². The van der Waals surface area contributed by atoms with Gasteiger partial charge in [-0.1, -0.05) is 42.4 Å². The number of amides is 2. The summed E-state index contributed by atoms with van der Waals surface area (Å²) in [6.45, 7) is 3.42. The Morgan fingerprint density at radius 1 is 1.33 bits per heavy atom. The third-order valence-electron chi connectivity index (χ3n) is 3.77. The minimum atomic E-state index is -0.456. The average molecular weight is 330 g/mol. The molecule has 1 aromatic carbocycles. The molecule has 2 heterocycles. The molecule has 1 fully saturated rings. The molecule has 1 aromatic heterocycles. The van der Waals surface area contributed by atoms with Crippen LogP contribution in [0.25, 0.3) is 0 Å². The second kappa shape index (κ2) is 7.89. The van der Waals surface area contributed by atoms with Gasteiger partial charge in [0.15, 0.2) is 5.82 Å². The lowest BCUT2D eigenvalue weighted by Crippen LogP contribution is -2.46. The van der Waals surface area contributed by atoms with Gasteiger partial charge >= 0.3 is 6.03 Å². The van der Waals surface area contributed by atoms with Crippen molar-refractivity contribution in [2.75, 3.05) is 13.1 Å². The van der Waals surface area contributed by atoms with Crippen molar-refractivity contribution in [2.24, 2.45) is 0 Å². The van der Waals surface area contributed by atoms with Gasteiger partial charge in [0.05, 0.1) is 6.04 Å². The molecule has 24 heavy (non-hydrogen) atoms. The standard InChI is InChI=1S/C16H22N6O2/c1-2-6-13-20-15(22-24-13)14(11-7-4-3-5-8-11)21-16(23)19-12-9-17-18-10-12/h3-5,7-8,12,14,17-18H,2,6,9-10H2,1H3,(H2,19,21,23). The SMILES string of the molecule is CCCc1nc(C(NC(=O)NC2CNNC2)c2ccccc2)no1. The summed E-state index contributed by atoms with van der Waals surface area (Å²) >= 11 is 0. The van der Waals surface area contributed by atoms with Crippen LogP contribution in [-0.2, 0) is 6.42 Å². The van der Waals surface area contributed by atoms with Crippen molar-refractivity contribution in [3.63, 3.8) is 0 Å². The molecule has 1 saturated heterocycles. The number of carbonyl (C=O) groups excluding carboxylic acids is 1. The maximum atomic E-state index is 12.3. The van der Waals surface area contributed by atoms with Crippen molar-refractivity contribution in [3.05, 3.63) is 47.6 Å². The number of hydrogen-bond acceptors (Lipinski definition) is 6. The molecular weight excluding hydrogens is 308 g/mol. The molecule has 128 valence electrons. The summed E-state index contributed by atoms with van der Waals surface area (Å²) in [4.78, 5) is 16.7. The number of benzene rings is 1. The quantitative estimate of drug-likeness (QED) is 0.627. The molecular formula is C16H22N6O2. The van der Waals surface area contributed by atoms with E-state index in [2.05, 4.69) is 31.6 Å². The van der Waals surface area contributed by atoms with E-state index < -0.39 is 6.04 Å². The normalized spacial score (nSPS) is 16.0. The Bertz CT molecular complexity index is 654. The Balaban J connectivity index is 1.75. The molecule has 2 aromatic rings. The van der Waals surface area contributed by atoms with Crippen LogP contribution in [0.2, 0.25) is 0 Å². The van der Waals surface area contributed by atoms with E-state index in [4.69, 9.17) is 4.52 Å². The molecule has 4 N–H and O–H groups in total. The van der Waals surface area contributed by atoms with E-state index in [0.29, 0.717) is 24.8 Å². The summed E-state index contributed by atoms with van der Waals surface area (Å²) in [7, 11) is 0. The van der Waals surface area contributed by atoms with Gasteiger partial charge in [0.25, 0.3) is 0 Å². The molecule has 0 aliphatic carbocycles. The second-order valence-electron chi connectivity index (χ2n) is 5.72. The number of nitrogens with one attached hydrogen (secondary N) is 4. The van der Waals surface area contributed by atoms with Crippen LogP contribution in [0.15, 0.2) is 34.9 Å². The van der Waals surface area contributed by atoms with E-state index >= 15 is 0 Å². The van der Waals surface area contributed by atoms with E-state index in [1.807, 2.05) is 37.3 Å². The number of hydrazine groups is 1. The molecule has 0 spiro atoms. The monoisotopic (exact) mass is 330 g/mol. The first kappa shape index (κ1) is 16.4. The van der Waals surface area contributed by atoms with Crippen molar-refractivity contribution < 1.29 is 9.32 Å². The minimum absolute atomic E-state index is 0.0438. The molecule has 8 heteroatoms. The van der Waals surface area contributed by atoms with E-state index in [1.54, 1.807) is 0 Å². The van der Waals surface area contributed by atoms with Crippen LogP contribution in [0, 0.1) is 0 Å². The van der Waals surface area contributed by atoms with E-state index in [0.717, 1.165) is 18.4 Å². The van der Waals surface area contributed by atoms with Gasteiger partial charge < -0.3 is 15.2 Å². The van der Waals surface area contributed by atoms with Crippen LogP contribution in [-0.4, -0.2) is 35.3 Å². The van der Waals surface area contributed by atoms with E-state index in [-0.39, 0.29) is 12.1 Å². The summed E-state index contributed by atoms with van der Waals surface area (Å²) in [5.41, 5.74) is 6.86. The third kappa shape index (κ3) is 4.09. The summed E-state index contributed by atoms with van der Waals surface area (Å²) in [5, 5.41) is 9.90. The molecule has 1 aliphatic rings. The van der Waals surface area contributed by atoms with Crippen LogP contribution >= 0.6 is 0 Å². The Morgan fingerprint density at radius 2 is 2.08 bits per heavy atom. The molecule has 1 unspecified atom stereocenters. The second-order valence-corrected chi connectivity index (χ2v) is 5.72. The Labute approximate surface area is 140 Å². The first-order valence-electron chi connectivity index (χ1n) is 8.16. The van der Waals surface area contributed by atoms with Crippen LogP contribution in [0.1, 0.15) is 36.7 Å². The van der Waals surface area contributed by atoms with Gasteiger partial charge in [-0.15, -0.1) is 0 Å². The van der Waals surface area contributed by atoms with Gasteiger partial charge in [0.1, 0.15) is 6.04 Å². The fourth-order valence-electron chi connectivity index (χ4n) is 2.57. The highest BCUT2D eigenvalue weighted by Crippen LogP contribution is 2.19. The predicted octanol–water partition coefficient (Wildman–Crippen LogP) is 0.887. The fraction of sp³-hybridized carbons (Fsp3) is 0.438. The third-order valence-corrected chi connectivity index (χ3v) is 3.77. The van der Waals surface area contributed by atoms with Crippen LogP contribution in [0.3, 0.4) is 0 Å². The van der Waals surface area contributed by atoms with Crippen LogP contribution in [0.5, 0.6) is 0 Å². The average Bonchev–Trinajstić information content (AvgIpc) is 3.26. The van der Waals surface area contributed by atoms with Gasteiger partial charge in [-0.25, -0.2) is 4.79 Å². The first-order chi connectivity index (χ1) is 11.8. The highest BCUT2D eigenvalue weighted by Gasteiger charge is 2.24. The maximum absolute atomic E-state index is 12.3. The lowest BCUT2D eigenvalue weighted by Gasteiger charge is -2.18. The first-order valence-corrected chi connectivity index (χ1v) is 8.16. The molecule has 0 saturated carbocycles. The van der Waals surface area contributed by atoms with Gasteiger partial charge in [-0.05, 0) is 12.0 Å². The maximum Gasteiger partial charge on any atom is 0.315 e. The van der Waals surface area contributed by atoms with Gasteiger partial charge in [-0.2, -0.15) is 4.98 Å². The summed E-state index contributed by atoms with van der Waals surface area (Å²) in [5.74, 6) is 1.04.